The van der Waals surface area contributed by atoms with Crippen molar-refractivity contribution < 1.29 is 23.0 Å². The van der Waals surface area contributed by atoms with Crippen LogP contribution in [-0.4, -0.2) is 99.6 Å². The second kappa shape index (κ2) is 12.2. The number of halogens is 2. The molecular weight excluding hydrogens is 544 g/mol. The molecule has 3 fully saturated rings. The highest BCUT2D eigenvalue weighted by atomic mass is 19.1. The Balaban J connectivity index is 1.45. The van der Waals surface area contributed by atoms with Crippen LogP contribution in [0.3, 0.4) is 0 Å². The minimum Gasteiger partial charge on any atom is -0.378 e. The minimum atomic E-state index is -0.706. The molecule has 0 radical (unpaired) electrons. The SMILES string of the molecule is CCCN1CCN(c2nc3cc(F)cc(F)c3c(Nc3cc(N4CCOCC4)cnc3N3CCOCC3)c2C)CC1=O. The number of anilines is 5. The highest BCUT2D eigenvalue weighted by Gasteiger charge is 2.28. The Bertz CT molecular complexity index is 1460. The first kappa shape index (κ1) is 28.4. The first-order valence-corrected chi connectivity index (χ1v) is 14.7. The third-order valence-electron chi connectivity index (χ3n) is 8.13. The Morgan fingerprint density at radius 1 is 0.905 bits per heavy atom. The molecule has 0 unspecified atom stereocenters. The molecule has 0 aliphatic carbocycles. The van der Waals surface area contributed by atoms with E-state index in [1.165, 1.54) is 6.07 Å². The van der Waals surface area contributed by atoms with Gasteiger partial charge in [0.1, 0.15) is 17.5 Å². The number of carbonyl (C=O) groups excluding carboxylic acids is 1. The van der Waals surface area contributed by atoms with Gasteiger partial charge in [0.2, 0.25) is 5.91 Å². The van der Waals surface area contributed by atoms with Crippen molar-refractivity contribution in [2.45, 2.75) is 20.3 Å². The number of ether oxygens (including phenoxy) is 2. The number of amides is 1. The van der Waals surface area contributed by atoms with Crippen LogP contribution < -0.4 is 20.0 Å². The molecule has 0 bridgehead atoms. The van der Waals surface area contributed by atoms with Gasteiger partial charge in [-0.05, 0) is 19.4 Å². The fraction of sp³-hybridized carbons (Fsp3) is 0.500. The molecule has 1 N–H and O–H groups in total. The first-order valence-electron chi connectivity index (χ1n) is 14.7. The Labute approximate surface area is 244 Å². The smallest absolute Gasteiger partial charge is 0.242 e. The summed E-state index contributed by atoms with van der Waals surface area (Å²) in [6.45, 7) is 11.2. The molecule has 12 heteroatoms. The molecule has 42 heavy (non-hydrogen) atoms. The van der Waals surface area contributed by atoms with E-state index in [0.717, 1.165) is 37.1 Å². The molecule has 2 aromatic heterocycles. The van der Waals surface area contributed by atoms with E-state index in [1.54, 1.807) is 0 Å². The number of aromatic nitrogens is 2. The third kappa shape index (κ3) is 5.65. The fourth-order valence-electron chi connectivity index (χ4n) is 5.95. The summed E-state index contributed by atoms with van der Waals surface area (Å²) < 4.78 is 41.1. The molecule has 0 saturated carbocycles. The van der Waals surface area contributed by atoms with Crippen molar-refractivity contribution in [3.8, 4) is 0 Å². The number of morpholine rings is 2. The zero-order valence-electron chi connectivity index (χ0n) is 24.2. The summed E-state index contributed by atoms with van der Waals surface area (Å²) >= 11 is 0. The van der Waals surface area contributed by atoms with Crippen molar-refractivity contribution in [2.75, 3.05) is 98.8 Å². The number of hydrogen-bond donors (Lipinski definition) is 1. The second-order valence-corrected chi connectivity index (χ2v) is 10.9. The lowest BCUT2D eigenvalue weighted by atomic mass is 10.1. The van der Waals surface area contributed by atoms with Gasteiger partial charge in [0.25, 0.3) is 0 Å². The lowest BCUT2D eigenvalue weighted by Gasteiger charge is -2.36. The predicted octanol–water partition coefficient (Wildman–Crippen LogP) is 3.69. The molecule has 3 aromatic rings. The van der Waals surface area contributed by atoms with Gasteiger partial charge in [-0.1, -0.05) is 6.92 Å². The molecular formula is C30H37F2N7O3. The summed E-state index contributed by atoms with van der Waals surface area (Å²) in [4.78, 5) is 30.6. The number of hydrogen-bond acceptors (Lipinski definition) is 9. The van der Waals surface area contributed by atoms with Crippen LogP contribution in [0.1, 0.15) is 18.9 Å². The number of benzene rings is 1. The molecule has 3 aliphatic rings. The highest BCUT2D eigenvalue weighted by molar-refractivity contribution is 5.99. The summed E-state index contributed by atoms with van der Waals surface area (Å²) in [5.74, 6) is -0.135. The van der Waals surface area contributed by atoms with Crippen LogP contribution in [0.25, 0.3) is 10.9 Å². The molecule has 6 rings (SSSR count). The lowest BCUT2D eigenvalue weighted by molar-refractivity contribution is -0.131. The van der Waals surface area contributed by atoms with Gasteiger partial charge in [0, 0.05) is 63.5 Å². The maximum atomic E-state index is 15.5. The van der Waals surface area contributed by atoms with E-state index in [9.17, 15) is 9.18 Å². The topological polar surface area (TPSA) is 86.3 Å². The van der Waals surface area contributed by atoms with Crippen LogP contribution >= 0.6 is 0 Å². The Morgan fingerprint density at radius 3 is 2.31 bits per heavy atom. The van der Waals surface area contributed by atoms with Gasteiger partial charge in [-0.25, -0.2) is 18.7 Å². The van der Waals surface area contributed by atoms with E-state index in [-0.39, 0.29) is 23.4 Å². The van der Waals surface area contributed by atoms with Crippen molar-refractivity contribution in [3.63, 3.8) is 0 Å². The molecule has 3 saturated heterocycles. The average Bonchev–Trinajstić information content (AvgIpc) is 3.00. The van der Waals surface area contributed by atoms with Crippen LogP contribution in [0.5, 0.6) is 0 Å². The van der Waals surface area contributed by atoms with E-state index >= 15 is 4.39 Å². The summed E-state index contributed by atoms with van der Waals surface area (Å²) in [5, 5.41) is 3.71. The van der Waals surface area contributed by atoms with Crippen LogP contribution in [-0.2, 0) is 14.3 Å². The largest absolute Gasteiger partial charge is 0.378 e. The highest BCUT2D eigenvalue weighted by Crippen LogP contribution is 2.40. The van der Waals surface area contributed by atoms with Gasteiger partial charge >= 0.3 is 0 Å². The Morgan fingerprint density at radius 2 is 1.62 bits per heavy atom. The standard InChI is InChI=1S/C30H37F2N7O3/c1-3-4-37-5-6-39(19-26(37)40)29-20(2)28(27-23(32)15-21(31)16-24(27)35-29)34-25-17-22(36-7-11-41-12-8-36)18-33-30(25)38-9-13-42-14-10-38/h15-18H,3-14,19H2,1-2H3,(H,34,35). The number of carbonyl (C=O) groups is 1. The van der Waals surface area contributed by atoms with Gasteiger partial charge < -0.3 is 34.4 Å². The summed E-state index contributed by atoms with van der Waals surface area (Å²) in [7, 11) is 0. The molecule has 5 heterocycles. The zero-order valence-corrected chi connectivity index (χ0v) is 24.2. The van der Waals surface area contributed by atoms with Crippen molar-refractivity contribution in [1.29, 1.82) is 0 Å². The quantitative estimate of drug-likeness (QED) is 0.449. The Hall–Kier alpha value is -3.77. The molecule has 224 valence electrons. The van der Waals surface area contributed by atoms with Gasteiger partial charge in [0.05, 0.1) is 67.1 Å². The van der Waals surface area contributed by atoms with E-state index < -0.39 is 11.6 Å². The predicted molar refractivity (Wildman–Crippen MR) is 159 cm³/mol. The Kier molecular flexibility index (Phi) is 8.25. The van der Waals surface area contributed by atoms with E-state index in [1.807, 2.05) is 35.9 Å². The van der Waals surface area contributed by atoms with Gasteiger partial charge in [0.15, 0.2) is 5.82 Å². The number of nitrogens with one attached hydrogen (secondary N) is 1. The number of pyridine rings is 2. The molecule has 1 aromatic carbocycles. The number of nitrogens with zero attached hydrogens (tertiary/aromatic N) is 6. The summed E-state index contributed by atoms with van der Waals surface area (Å²) in [5.41, 5.74) is 2.97. The summed E-state index contributed by atoms with van der Waals surface area (Å²) in [6.07, 6.45) is 2.75. The fourth-order valence-corrected chi connectivity index (χ4v) is 5.95. The van der Waals surface area contributed by atoms with Crippen LogP contribution in [0, 0.1) is 18.6 Å². The average molecular weight is 582 g/mol. The van der Waals surface area contributed by atoms with Crippen LogP contribution in [0.2, 0.25) is 0 Å². The van der Waals surface area contributed by atoms with Gasteiger partial charge in [-0.3, -0.25) is 4.79 Å². The van der Waals surface area contributed by atoms with E-state index in [0.29, 0.717) is 81.9 Å². The monoisotopic (exact) mass is 581 g/mol. The second-order valence-electron chi connectivity index (χ2n) is 10.9. The lowest BCUT2D eigenvalue weighted by Crippen LogP contribution is -2.51. The van der Waals surface area contributed by atoms with Crippen molar-refractivity contribution in [3.05, 3.63) is 41.6 Å². The van der Waals surface area contributed by atoms with Crippen LogP contribution in [0.4, 0.5) is 37.5 Å². The third-order valence-corrected chi connectivity index (χ3v) is 8.13. The van der Waals surface area contributed by atoms with Gasteiger partial charge in [-0.2, -0.15) is 0 Å². The summed E-state index contributed by atoms with van der Waals surface area (Å²) in [6, 6.07) is 4.16. The molecule has 0 spiro atoms. The molecule has 0 atom stereocenters. The first-order chi connectivity index (χ1) is 20.4. The zero-order chi connectivity index (χ0) is 29.2. The number of fused-ring (bicyclic) bond motifs is 1. The van der Waals surface area contributed by atoms with Gasteiger partial charge in [-0.15, -0.1) is 0 Å². The maximum absolute atomic E-state index is 15.5. The molecule has 1 amide bonds. The van der Waals surface area contributed by atoms with Crippen molar-refractivity contribution in [1.82, 2.24) is 14.9 Å². The maximum Gasteiger partial charge on any atom is 0.242 e. The van der Waals surface area contributed by atoms with Crippen molar-refractivity contribution in [2.24, 2.45) is 0 Å². The van der Waals surface area contributed by atoms with E-state index in [2.05, 4.69) is 15.1 Å². The molecule has 3 aliphatic heterocycles. The number of piperazine rings is 1. The molecule has 10 nitrogen and oxygen atoms in total. The van der Waals surface area contributed by atoms with Crippen LogP contribution in [0.15, 0.2) is 24.4 Å². The number of rotatable bonds is 7. The van der Waals surface area contributed by atoms with Crippen molar-refractivity contribution >= 4 is 45.5 Å². The van der Waals surface area contributed by atoms with E-state index in [4.69, 9.17) is 19.4 Å². The normalized spacial score (nSPS) is 18.2. The minimum absolute atomic E-state index is 0.0151.